The molecule has 0 aliphatic carbocycles. The molecular weight excluding hydrogens is 435 g/mol. The maximum absolute atomic E-state index is 13.7. The van der Waals surface area contributed by atoms with E-state index in [1.165, 1.54) is 12.1 Å². The number of amides is 2. The molecule has 1 aliphatic rings. The Kier molecular flexibility index (Phi) is 5.83. The summed E-state index contributed by atoms with van der Waals surface area (Å²) in [7, 11) is 0. The lowest BCUT2D eigenvalue weighted by Crippen LogP contribution is -2.63. The average Bonchev–Trinajstić information content (AvgIpc) is 3.40. The maximum Gasteiger partial charge on any atom is 0.288 e. The predicted molar refractivity (Wildman–Crippen MR) is 128 cm³/mol. The van der Waals surface area contributed by atoms with E-state index in [4.69, 9.17) is 4.42 Å². The zero-order valence-electron chi connectivity index (χ0n) is 19.0. The molecule has 4 aromatic rings. The number of halogens is 1. The first-order chi connectivity index (χ1) is 16.5. The van der Waals surface area contributed by atoms with Crippen molar-refractivity contribution in [3.8, 4) is 0 Å². The van der Waals surface area contributed by atoms with E-state index < -0.39 is 11.4 Å². The van der Waals surface area contributed by atoms with Gasteiger partial charge in [-0.15, -0.1) is 0 Å². The largest absolute Gasteiger partial charge is 0.451 e. The summed E-state index contributed by atoms with van der Waals surface area (Å²) >= 11 is 0. The van der Waals surface area contributed by atoms with Crippen LogP contribution < -0.4 is 16.0 Å². The van der Waals surface area contributed by atoms with Crippen LogP contribution in [0.1, 0.15) is 34.5 Å². The third-order valence-electron chi connectivity index (χ3n) is 6.70. The van der Waals surface area contributed by atoms with Crippen LogP contribution in [0.15, 0.2) is 53.1 Å². The van der Waals surface area contributed by atoms with Crippen LogP contribution in [0.5, 0.6) is 0 Å². The first kappa shape index (κ1) is 22.2. The first-order valence-corrected chi connectivity index (χ1v) is 11.5. The summed E-state index contributed by atoms with van der Waals surface area (Å²) in [6, 6.07) is 12.1. The number of hydrogen-bond donors (Lipinski definition) is 4. The van der Waals surface area contributed by atoms with Gasteiger partial charge in [-0.2, -0.15) is 0 Å². The summed E-state index contributed by atoms with van der Waals surface area (Å²) < 4.78 is 19.5. The van der Waals surface area contributed by atoms with E-state index in [2.05, 4.69) is 20.9 Å². The monoisotopic (exact) mass is 462 g/mol. The van der Waals surface area contributed by atoms with Gasteiger partial charge in [0.25, 0.3) is 5.91 Å². The number of nitrogens with one attached hydrogen (secondary N) is 4. The zero-order valence-corrected chi connectivity index (χ0v) is 19.0. The number of piperidine rings is 1. The van der Waals surface area contributed by atoms with Crippen molar-refractivity contribution in [3.05, 3.63) is 71.4 Å². The van der Waals surface area contributed by atoms with Crippen LogP contribution >= 0.6 is 0 Å². The normalized spacial score (nSPS) is 15.5. The summed E-state index contributed by atoms with van der Waals surface area (Å²) in [4.78, 5) is 29.7. The van der Waals surface area contributed by atoms with Crippen molar-refractivity contribution in [2.45, 2.75) is 31.7 Å². The SMILES string of the molecule is Cc1c(C(=O)NC2(C(=O)NCCc3c[nH]c4ccc(F)cc34)CCNCC2)oc2ccccc12. The number of carbonyl (C=O) groups excluding carboxylic acids is 2. The molecule has 3 heterocycles. The highest BCUT2D eigenvalue weighted by Crippen LogP contribution is 2.27. The molecule has 2 aromatic carbocycles. The first-order valence-electron chi connectivity index (χ1n) is 11.5. The third kappa shape index (κ3) is 4.05. The minimum Gasteiger partial charge on any atom is -0.451 e. The van der Waals surface area contributed by atoms with E-state index in [1.54, 1.807) is 6.07 Å². The quantitative estimate of drug-likeness (QED) is 0.352. The van der Waals surface area contributed by atoms with Gasteiger partial charge in [-0.3, -0.25) is 9.59 Å². The Hall–Kier alpha value is -3.65. The number of fused-ring (bicyclic) bond motifs is 2. The zero-order chi connectivity index (χ0) is 23.7. The molecule has 0 spiro atoms. The van der Waals surface area contributed by atoms with Crippen molar-refractivity contribution in [2.24, 2.45) is 0 Å². The Morgan fingerprint density at radius 1 is 1.12 bits per heavy atom. The summed E-state index contributed by atoms with van der Waals surface area (Å²) in [6.07, 6.45) is 3.33. The number of aryl methyl sites for hydroxylation is 1. The Morgan fingerprint density at radius 2 is 1.91 bits per heavy atom. The lowest BCUT2D eigenvalue weighted by Gasteiger charge is -2.36. The van der Waals surface area contributed by atoms with E-state index in [1.807, 2.05) is 37.4 Å². The molecule has 1 aliphatic heterocycles. The number of aromatic amines is 1. The molecule has 2 aromatic heterocycles. The second-order valence-corrected chi connectivity index (χ2v) is 8.85. The van der Waals surface area contributed by atoms with Crippen molar-refractivity contribution in [2.75, 3.05) is 19.6 Å². The summed E-state index contributed by atoms with van der Waals surface area (Å²) in [5.74, 6) is -0.678. The van der Waals surface area contributed by atoms with Crippen LogP contribution in [0, 0.1) is 12.7 Å². The fourth-order valence-corrected chi connectivity index (χ4v) is 4.76. The molecule has 8 heteroatoms. The van der Waals surface area contributed by atoms with Gasteiger partial charge >= 0.3 is 0 Å². The van der Waals surface area contributed by atoms with Crippen molar-refractivity contribution in [1.29, 1.82) is 0 Å². The molecule has 34 heavy (non-hydrogen) atoms. The maximum atomic E-state index is 13.7. The number of H-pyrrole nitrogens is 1. The van der Waals surface area contributed by atoms with E-state index in [-0.39, 0.29) is 17.5 Å². The molecule has 0 radical (unpaired) electrons. The van der Waals surface area contributed by atoms with Crippen LogP contribution in [0.3, 0.4) is 0 Å². The number of carbonyl (C=O) groups is 2. The smallest absolute Gasteiger partial charge is 0.288 e. The van der Waals surface area contributed by atoms with Crippen molar-refractivity contribution in [1.82, 2.24) is 20.9 Å². The number of aromatic nitrogens is 1. The molecule has 176 valence electrons. The Labute approximate surface area is 196 Å². The molecule has 1 saturated heterocycles. The van der Waals surface area contributed by atoms with Crippen LogP contribution in [0.2, 0.25) is 0 Å². The summed E-state index contributed by atoms with van der Waals surface area (Å²) in [5, 5.41) is 10.9. The topological polar surface area (TPSA) is 99.2 Å². The Balaban J connectivity index is 1.30. The fourth-order valence-electron chi connectivity index (χ4n) is 4.76. The Bertz CT molecular complexity index is 1370. The number of rotatable bonds is 6. The van der Waals surface area contributed by atoms with Crippen molar-refractivity contribution in [3.63, 3.8) is 0 Å². The molecule has 4 N–H and O–H groups in total. The van der Waals surface area contributed by atoms with E-state index in [0.717, 1.165) is 27.4 Å². The predicted octanol–water partition coefficient (Wildman–Crippen LogP) is 3.57. The van der Waals surface area contributed by atoms with E-state index in [9.17, 15) is 14.0 Å². The van der Waals surface area contributed by atoms with Crippen molar-refractivity contribution < 1.29 is 18.4 Å². The van der Waals surface area contributed by atoms with Gasteiger partial charge in [0.2, 0.25) is 5.91 Å². The van der Waals surface area contributed by atoms with E-state index in [0.29, 0.717) is 44.5 Å². The second kappa shape index (κ2) is 8.95. The number of hydrogen-bond acceptors (Lipinski definition) is 4. The van der Waals surface area contributed by atoms with Gasteiger partial charge in [0.15, 0.2) is 5.76 Å². The van der Waals surface area contributed by atoms with Crippen LogP contribution in [-0.2, 0) is 11.2 Å². The van der Waals surface area contributed by atoms with Crippen LogP contribution in [0.25, 0.3) is 21.9 Å². The summed E-state index contributed by atoms with van der Waals surface area (Å²) in [5.41, 5.74) is 2.15. The molecule has 2 amide bonds. The fraction of sp³-hybridized carbons (Fsp3) is 0.308. The molecule has 0 unspecified atom stereocenters. The molecule has 1 fully saturated rings. The molecule has 0 atom stereocenters. The van der Waals surface area contributed by atoms with E-state index >= 15 is 0 Å². The molecule has 7 nitrogen and oxygen atoms in total. The lowest BCUT2D eigenvalue weighted by atomic mass is 9.86. The van der Waals surface area contributed by atoms with Gasteiger partial charge in [0.1, 0.15) is 16.9 Å². The Morgan fingerprint density at radius 3 is 2.71 bits per heavy atom. The van der Waals surface area contributed by atoms with Gasteiger partial charge in [-0.05, 0) is 69.1 Å². The van der Waals surface area contributed by atoms with Gasteiger partial charge in [-0.1, -0.05) is 18.2 Å². The highest BCUT2D eigenvalue weighted by atomic mass is 19.1. The van der Waals surface area contributed by atoms with Crippen LogP contribution in [0.4, 0.5) is 4.39 Å². The minimum absolute atomic E-state index is 0.220. The number of para-hydroxylation sites is 1. The average molecular weight is 463 g/mol. The third-order valence-corrected chi connectivity index (χ3v) is 6.70. The minimum atomic E-state index is -1.03. The summed E-state index contributed by atoms with van der Waals surface area (Å²) in [6.45, 7) is 3.46. The van der Waals surface area contributed by atoms with Crippen LogP contribution in [-0.4, -0.2) is 42.0 Å². The molecular formula is C26H27FN4O3. The van der Waals surface area contributed by atoms with Gasteiger partial charge in [-0.25, -0.2) is 4.39 Å². The molecule has 5 rings (SSSR count). The highest BCUT2D eigenvalue weighted by molar-refractivity contribution is 6.02. The number of benzene rings is 2. The van der Waals surface area contributed by atoms with Crippen molar-refractivity contribution >= 4 is 33.7 Å². The van der Waals surface area contributed by atoms with Gasteiger partial charge in [0.05, 0.1) is 0 Å². The standard InChI is InChI=1S/C26H27FN4O3/c1-16-19-4-2-3-5-22(19)34-23(16)24(32)31-26(9-12-28-13-10-26)25(33)29-11-8-17-15-30-21-7-6-18(27)14-20(17)21/h2-7,14-15,28,30H,8-13H2,1H3,(H,29,33)(H,31,32). The lowest BCUT2D eigenvalue weighted by molar-refractivity contribution is -0.128. The molecule has 0 bridgehead atoms. The number of furan rings is 1. The second-order valence-electron chi connectivity index (χ2n) is 8.85. The van der Waals surface area contributed by atoms with Gasteiger partial charge in [0, 0.05) is 34.6 Å². The molecule has 0 saturated carbocycles. The highest BCUT2D eigenvalue weighted by Gasteiger charge is 2.41. The van der Waals surface area contributed by atoms with Gasteiger partial charge < -0.3 is 25.4 Å².